The molecule has 11 heteroatoms. The molecule has 3 heterocycles. The van der Waals surface area contributed by atoms with Crippen LogP contribution in [0.2, 0.25) is 5.02 Å². The van der Waals surface area contributed by atoms with Gasteiger partial charge in [-0.05, 0) is 29.8 Å². The second-order valence-electron chi connectivity index (χ2n) is 7.66. The standard InChI is InChI=1S/C24H20ClN7O2S/c25-18-3-1-2-4-19(18)30-24(33)29-16-7-5-15(6-8-16)20-17(13-26)23(32-9-11-34-12-10-32)35-21(20)22-27-14-28-31-22/h1-8,14H,9-12H2,(H,27,28,31)(H2,29,30,33). The molecule has 3 N–H and O–H groups in total. The van der Waals surface area contributed by atoms with Crippen molar-refractivity contribution in [1.82, 2.24) is 15.2 Å². The summed E-state index contributed by atoms with van der Waals surface area (Å²) < 4.78 is 5.48. The van der Waals surface area contributed by atoms with E-state index in [0.29, 0.717) is 54.1 Å². The lowest BCUT2D eigenvalue weighted by Crippen LogP contribution is -2.36. The third-order valence-corrected chi connectivity index (χ3v) is 7.05. The molecular formula is C24H20ClN7O2S. The summed E-state index contributed by atoms with van der Waals surface area (Å²) >= 11 is 7.61. The number of aromatic amines is 1. The molecule has 5 rings (SSSR count). The molecule has 1 saturated heterocycles. The molecule has 1 aliphatic heterocycles. The van der Waals surface area contributed by atoms with Gasteiger partial charge in [-0.3, -0.25) is 5.10 Å². The van der Waals surface area contributed by atoms with E-state index in [0.717, 1.165) is 21.0 Å². The molecule has 4 aromatic rings. The number of morpholine rings is 1. The maximum atomic E-state index is 12.4. The molecule has 1 fully saturated rings. The van der Waals surface area contributed by atoms with Crippen molar-refractivity contribution in [2.75, 3.05) is 41.8 Å². The number of anilines is 3. The summed E-state index contributed by atoms with van der Waals surface area (Å²) in [7, 11) is 0. The Morgan fingerprint density at radius 3 is 2.60 bits per heavy atom. The first-order valence-electron chi connectivity index (χ1n) is 10.8. The van der Waals surface area contributed by atoms with Crippen LogP contribution in [0, 0.1) is 11.3 Å². The second kappa shape index (κ2) is 10.1. The van der Waals surface area contributed by atoms with Gasteiger partial charge in [0, 0.05) is 24.3 Å². The molecule has 0 bridgehead atoms. The van der Waals surface area contributed by atoms with Crippen LogP contribution in [0.15, 0.2) is 54.9 Å². The van der Waals surface area contributed by atoms with Crippen LogP contribution in [0.25, 0.3) is 21.8 Å². The van der Waals surface area contributed by atoms with Gasteiger partial charge >= 0.3 is 6.03 Å². The number of para-hydroxylation sites is 1. The summed E-state index contributed by atoms with van der Waals surface area (Å²) in [5.74, 6) is 0.530. The van der Waals surface area contributed by atoms with Crippen LogP contribution in [0.5, 0.6) is 0 Å². The van der Waals surface area contributed by atoms with Gasteiger partial charge in [-0.25, -0.2) is 9.78 Å². The zero-order valence-electron chi connectivity index (χ0n) is 18.4. The molecule has 0 unspecified atom stereocenters. The number of nitrogens with one attached hydrogen (secondary N) is 3. The Labute approximate surface area is 210 Å². The van der Waals surface area contributed by atoms with E-state index in [4.69, 9.17) is 16.3 Å². The molecule has 0 atom stereocenters. The van der Waals surface area contributed by atoms with Crippen LogP contribution < -0.4 is 15.5 Å². The van der Waals surface area contributed by atoms with Crippen molar-refractivity contribution in [3.8, 4) is 27.9 Å². The first-order valence-corrected chi connectivity index (χ1v) is 12.0. The number of nitrogens with zero attached hydrogens (tertiary/aromatic N) is 4. The van der Waals surface area contributed by atoms with E-state index < -0.39 is 6.03 Å². The quantitative estimate of drug-likeness (QED) is 0.343. The van der Waals surface area contributed by atoms with Crippen LogP contribution in [-0.4, -0.2) is 47.5 Å². The van der Waals surface area contributed by atoms with Gasteiger partial charge in [-0.15, -0.1) is 11.3 Å². The first kappa shape index (κ1) is 22.9. The number of halogens is 1. The highest BCUT2D eigenvalue weighted by Crippen LogP contribution is 2.46. The van der Waals surface area contributed by atoms with E-state index in [1.165, 1.54) is 17.7 Å². The number of H-pyrrole nitrogens is 1. The maximum absolute atomic E-state index is 12.4. The van der Waals surface area contributed by atoms with Gasteiger partial charge in [0.25, 0.3) is 0 Å². The highest BCUT2D eigenvalue weighted by molar-refractivity contribution is 7.20. The van der Waals surface area contributed by atoms with Crippen molar-refractivity contribution in [2.45, 2.75) is 0 Å². The van der Waals surface area contributed by atoms with Crippen molar-refractivity contribution >= 4 is 45.3 Å². The fourth-order valence-electron chi connectivity index (χ4n) is 3.83. The first-order chi connectivity index (χ1) is 17.1. The number of hydrogen-bond acceptors (Lipinski definition) is 7. The predicted molar refractivity (Wildman–Crippen MR) is 137 cm³/mol. The Kier molecular flexibility index (Phi) is 6.63. The maximum Gasteiger partial charge on any atom is 0.323 e. The van der Waals surface area contributed by atoms with E-state index in [-0.39, 0.29) is 0 Å². The summed E-state index contributed by atoms with van der Waals surface area (Å²) in [6.07, 6.45) is 1.52. The Morgan fingerprint density at radius 2 is 1.91 bits per heavy atom. The normalized spacial score (nSPS) is 13.3. The van der Waals surface area contributed by atoms with E-state index in [1.807, 2.05) is 12.1 Å². The van der Waals surface area contributed by atoms with Crippen LogP contribution in [0.4, 0.5) is 21.2 Å². The number of thiophene rings is 1. The zero-order chi connectivity index (χ0) is 24.2. The number of ether oxygens (including phenoxy) is 1. The van der Waals surface area contributed by atoms with Crippen molar-refractivity contribution in [2.24, 2.45) is 0 Å². The second-order valence-corrected chi connectivity index (χ2v) is 9.06. The van der Waals surface area contributed by atoms with Gasteiger partial charge in [0.2, 0.25) is 0 Å². The van der Waals surface area contributed by atoms with Gasteiger partial charge in [0.05, 0.1) is 34.4 Å². The lowest BCUT2D eigenvalue weighted by atomic mass is 10.0. The molecule has 0 saturated carbocycles. The van der Waals surface area contributed by atoms with Crippen LogP contribution in [-0.2, 0) is 4.74 Å². The number of benzene rings is 2. The molecule has 0 radical (unpaired) electrons. The Bertz CT molecular complexity index is 1370. The van der Waals surface area contributed by atoms with Gasteiger partial charge in [-0.2, -0.15) is 10.4 Å². The fraction of sp³-hybridized carbons (Fsp3) is 0.167. The molecule has 2 amide bonds. The van der Waals surface area contributed by atoms with Gasteiger partial charge in [0.1, 0.15) is 17.4 Å². The SMILES string of the molecule is N#Cc1c(N2CCOCC2)sc(-c2nc[nH]n2)c1-c1ccc(NC(=O)Nc2ccccc2Cl)cc1. The third-order valence-electron chi connectivity index (χ3n) is 5.47. The molecule has 0 aliphatic carbocycles. The lowest BCUT2D eigenvalue weighted by Gasteiger charge is -2.27. The van der Waals surface area contributed by atoms with E-state index in [9.17, 15) is 10.1 Å². The van der Waals surface area contributed by atoms with Gasteiger partial charge in [-0.1, -0.05) is 35.9 Å². The Hall–Kier alpha value is -3.91. The smallest absolute Gasteiger partial charge is 0.323 e. The van der Waals surface area contributed by atoms with Crippen LogP contribution in [0.3, 0.4) is 0 Å². The Morgan fingerprint density at radius 1 is 1.14 bits per heavy atom. The molecule has 2 aromatic heterocycles. The predicted octanol–water partition coefficient (Wildman–Crippen LogP) is 5.21. The molecule has 176 valence electrons. The molecule has 2 aromatic carbocycles. The number of rotatable bonds is 5. The number of hydrogen-bond donors (Lipinski definition) is 3. The third kappa shape index (κ3) is 4.83. The number of nitriles is 1. The summed E-state index contributed by atoms with van der Waals surface area (Å²) in [6.45, 7) is 2.66. The minimum absolute atomic E-state index is 0.407. The molecular weight excluding hydrogens is 486 g/mol. The number of carbonyl (C=O) groups is 1. The largest absolute Gasteiger partial charge is 0.378 e. The molecule has 9 nitrogen and oxygen atoms in total. The Balaban J connectivity index is 1.44. The van der Waals surface area contributed by atoms with Crippen molar-refractivity contribution < 1.29 is 9.53 Å². The fourth-order valence-corrected chi connectivity index (χ4v) is 5.28. The molecule has 0 spiro atoms. The summed E-state index contributed by atoms with van der Waals surface area (Å²) in [4.78, 5) is 19.7. The number of amides is 2. The van der Waals surface area contributed by atoms with Crippen molar-refractivity contribution in [1.29, 1.82) is 5.26 Å². The molecule has 35 heavy (non-hydrogen) atoms. The highest BCUT2D eigenvalue weighted by atomic mass is 35.5. The van der Waals surface area contributed by atoms with E-state index in [2.05, 4.69) is 36.8 Å². The van der Waals surface area contributed by atoms with E-state index >= 15 is 0 Å². The number of aromatic nitrogens is 3. The topological polar surface area (TPSA) is 119 Å². The number of carbonyl (C=O) groups excluding carboxylic acids is 1. The average Bonchev–Trinajstić information content (AvgIpc) is 3.54. The summed E-state index contributed by atoms with van der Waals surface area (Å²) in [6, 6.07) is 16.3. The summed E-state index contributed by atoms with van der Waals surface area (Å²) in [5.41, 5.74) is 3.29. The van der Waals surface area contributed by atoms with Gasteiger partial charge in [0.15, 0.2) is 5.82 Å². The highest BCUT2D eigenvalue weighted by Gasteiger charge is 2.26. The average molecular weight is 506 g/mol. The van der Waals surface area contributed by atoms with Gasteiger partial charge < -0.3 is 20.3 Å². The van der Waals surface area contributed by atoms with Crippen molar-refractivity contribution in [3.05, 3.63) is 65.4 Å². The monoisotopic (exact) mass is 505 g/mol. The minimum Gasteiger partial charge on any atom is -0.378 e. The molecule has 1 aliphatic rings. The van der Waals surface area contributed by atoms with Crippen LogP contribution in [0.1, 0.15) is 5.56 Å². The van der Waals surface area contributed by atoms with E-state index in [1.54, 1.807) is 36.4 Å². The van der Waals surface area contributed by atoms with Crippen molar-refractivity contribution in [3.63, 3.8) is 0 Å². The van der Waals surface area contributed by atoms with Crippen LogP contribution >= 0.6 is 22.9 Å². The lowest BCUT2D eigenvalue weighted by molar-refractivity contribution is 0.123. The number of urea groups is 1. The minimum atomic E-state index is -0.407. The zero-order valence-corrected chi connectivity index (χ0v) is 20.0. The summed E-state index contributed by atoms with van der Waals surface area (Å²) in [5, 5.41) is 24.0.